The summed E-state index contributed by atoms with van der Waals surface area (Å²) in [6.45, 7) is 0. The van der Waals surface area contributed by atoms with Gasteiger partial charge in [-0.3, -0.25) is 4.57 Å². The average Bonchev–Trinajstić information content (AvgIpc) is 3.00. The van der Waals surface area contributed by atoms with Crippen LogP contribution in [0.15, 0.2) is 54.1 Å². The van der Waals surface area contributed by atoms with Gasteiger partial charge in [-0.15, -0.1) is 0 Å². The number of nitrogens with two attached hydrogens (primary N) is 1. The van der Waals surface area contributed by atoms with Gasteiger partial charge in [-0.2, -0.15) is 5.26 Å². The molecule has 0 amide bonds. The highest BCUT2D eigenvalue weighted by Gasteiger charge is 2.29. The van der Waals surface area contributed by atoms with Gasteiger partial charge in [-0.05, 0) is 29.8 Å². The summed E-state index contributed by atoms with van der Waals surface area (Å²) >= 11 is 0. The van der Waals surface area contributed by atoms with Gasteiger partial charge in [0.1, 0.15) is 17.6 Å². The first-order valence-electron chi connectivity index (χ1n) is 7.51. The number of methoxy groups -OCH3 is 1. The zero-order valence-electron chi connectivity index (χ0n) is 13.0. The largest absolute Gasteiger partial charge is 0.497 e. The Hall–Kier alpha value is -3.46. The predicted molar refractivity (Wildman–Crippen MR) is 92.1 cm³/mol. The molecule has 2 aromatic carbocycles. The number of hydrogen-bond acceptors (Lipinski definition) is 5. The van der Waals surface area contributed by atoms with Crippen LogP contribution in [0.25, 0.3) is 16.9 Å². The maximum Gasteiger partial charge on any atom is 0.210 e. The third-order valence-corrected chi connectivity index (χ3v) is 4.21. The van der Waals surface area contributed by atoms with Gasteiger partial charge < -0.3 is 15.8 Å². The number of rotatable bonds is 2. The average molecular weight is 317 g/mol. The highest BCUT2D eigenvalue weighted by Crippen LogP contribution is 2.36. The minimum atomic E-state index is -0.342. The molecule has 118 valence electrons. The maximum atomic E-state index is 9.64. The van der Waals surface area contributed by atoms with Crippen molar-refractivity contribution in [3.8, 4) is 11.8 Å². The quantitative estimate of drug-likeness (QED) is 0.758. The second kappa shape index (κ2) is 5.32. The van der Waals surface area contributed by atoms with Crippen molar-refractivity contribution in [2.45, 2.75) is 6.04 Å². The Morgan fingerprint density at radius 2 is 1.96 bits per heavy atom. The van der Waals surface area contributed by atoms with Crippen LogP contribution in [0, 0.1) is 11.3 Å². The lowest BCUT2D eigenvalue weighted by atomic mass is 9.98. The van der Waals surface area contributed by atoms with Gasteiger partial charge in [0.05, 0.1) is 29.8 Å². The minimum Gasteiger partial charge on any atom is -0.497 e. The van der Waals surface area contributed by atoms with Gasteiger partial charge in [-0.25, -0.2) is 4.98 Å². The molecular formula is C18H15N5O. The van der Waals surface area contributed by atoms with Crippen LogP contribution in [0.2, 0.25) is 0 Å². The number of nitrogens with zero attached hydrogens (tertiary/aromatic N) is 3. The van der Waals surface area contributed by atoms with Crippen LogP contribution in [0.4, 0.5) is 5.95 Å². The van der Waals surface area contributed by atoms with E-state index in [0.29, 0.717) is 17.3 Å². The summed E-state index contributed by atoms with van der Waals surface area (Å²) in [5, 5.41) is 13.0. The molecule has 4 rings (SSSR count). The zero-order chi connectivity index (χ0) is 16.7. The van der Waals surface area contributed by atoms with Gasteiger partial charge in [0.2, 0.25) is 5.95 Å². The molecule has 0 fully saturated rings. The van der Waals surface area contributed by atoms with E-state index >= 15 is 0 Å². The zero-order valence-corrected chi connectivity index (χ0v) is 13.0. The van der Waals surface area contributed by atoms with Gasteiger partial charge in [0, 0.05) is 0 Å². The van der Waals surface area contributed by atoms with Crippen molar-refractivity contribution >= 4 is 22.8 Å². The van der Waals surface area contributed by atoms with Crippen molar-refractivity contribution in [3.63, 3.8) is 0 Å². The minimum absolute atomic E-state index is 0.342. The normalized spacial score (nSPS) is 16.4. The lowest BCUT2D eigenvalue weighted by molar-refractivity contribution is 0.414. The molecule has 0 unspecified atom stereocenters. The first-order chi connectivity index (χ1) is 11.7. The fourth-order valence-electron chi connectivity index (χ4n) is 3.00. The fourth-order valence-corrected chi connectivity index (χ4v) is 3.00. The number of anilines is 1. The Balaban J connectivity index is 1.87. The van der Waals surface area contributed by atoms with Crippen LogP contribution in [-0.2, 0) is 0 Å². The molecule has 0 aliphatic carbocycles. The molecule has 0 saturated heterocycles. The van der Waals surface area contributed by atoms with E-state index in [1.165, 1.54) is 0 Å². The summed E-state index contributed by atoms with van der Waals surface area (Å²) in [6.07, 6.45) is 0. The number of para-hydroxylation sites is 2. The topological polar surface area (TPSA) is 88.9 Å². The molecule has 1 aliphatic heterocycles. The first kappa shape index (κ1) is 14.2. The highest BCUT2D eigenvalue weighted by molar-refractivity contribution is 5.85. The molecule has 1 atom stereocenters. The Morgan fingerprint density at radius 3 is 2.67 bits per heavy atom. The molecule has 1 aromatic heterocycles. The third-order valence-electron chi connectivity index (χ3n) is 4.21. The standard InChI is InChI=1S/C18H15N5O/c1-24-12-8-6-11(7-9-12)16-13(10-19)17(20)23-15-5-3-2-4-14(15)21-18(23)22-16/h2-9,16H,20H2,1H3,(H,21,22)/t16-/m1/s1. The summed E-state index contributed by atoms with van der Waals surface area (Å²) in [6, 6.07) is 17.2. The summed E-state index contributed by atoms with van der Waals surface area (Å²) in [4.78, 5) is 4.59. The van der Waals surface area contributed by atoms with Crippen molar-refractivity contribution in [3.05, 3.63) is 59.7 Å². The van der Waals surface area contributed by atoms with E-state index in [4.69, 9.17) is 10.5 Å². The van der Waals surface area contributed by atoms with Crippen LogP contribution < -0.4 is 15.8 Å². The summed E-state index contributed by atoms with van der Waals surface area (Å²) < 4.78 is 6.97. The predicted octanol–water partition coefficient (Wildman–Crippen LogP) is 2.86. The lowest BCUT2D eigenvalue weighted by Crippen LogP contribution is -2.26. The van der Waals surface area contributed by atoms with E-state index in [0.717, 1.165) is 22.3 Å². The number of fused-ring (bicyclic) bond motifs is 3. The molecule has 3 N–H and O–H groups in total. The summed E-state index contributed by atoms with van der Waals surface area (Å²) in [5.74, 6) is 1.80. The van der Waals surface area contributed by atoms with E-state index in [1.807, 2.05) is 48.5 Å². The SMILES string of the molecule is COc1ccc([C@H]2Nc3nc4ccccc4n3C(N)=C2C#N)cc1. The second-order valence-corrected chi connectivity index (χ2v) is 5.52. The molecule has 1 aliphatic rings. The molecule has 0 saturated carbocycles. The maximum absolute atomic E-state index is 9.64. The van der Waals surface area contributed by atoms with E-state index in [2.05, 4.69) is 16.4 Å². The molecule has 6 heteroatoms. The summed E-state index contributed by atoms with van der Waals surface area (Å²) in [7, 11) is 1.62. The van der Waals surface area contributed by atoms with E-state index in [1.54, 1.807) is 11.7 Å². The van der Waals surface area contributed by atoms with Gasteiger partial charge in [0.15, 0.2) is 0 Å². The van der Waals surface area contributed by atoms with Crippen LogP contribution in [0.1, 0.15) is 11.6 Å². The first-order valence-corrected chi connectivity index (χ1v) is 7.51. The van der Waals surface area contributed by atoms with Crippen molar-refractivity contribution in [2.24, 2.45) is 5.73 Å². The van der Waals surface area contributed by atoms with Crippen LogP contribution in [-0.4, -0.2) is 16.7 Å². The number of hydrogen-bond donors (Lipinski definition) is 2. The number of ether oxygens (including phenoxy) is 1. The molecule has 2 heterocycles. The van der Waals surface area contributed by atoms with E-state index in [-0.39, 0.29) is 6.04 Å². The third kappa shape index (κ3) is 1.99. The van der Waals surface area contributed by atoms with E-state index in [9.17, 15) is 5.26 Å². The van der Waals surface area contributed by atoms with Crippen LogP contribution in [0.3, 0.4) is 0 Å². The van der Waals surface area contributed by atoms with Crippen molar-refractivity contribution < 1.29 is 4.74 Å². The van der Waals surface area contributed by atoms with Crippen LogP contribution in [0.5, 0.6) is 5.75 Å². The molecular weight excluding hydrogens is 302 g/mol. The molecule has 0 radical (unpaired) electrons. The van der Waals surface area contributed by atoms with E-state index < -0.39 is 0 Å². The lowest BCUT2D eigenvalue weighted by Gasteiger charge is -2.26. The summed E-state index contributed by atoms with van der Waals surface area (Å²) in [5.41, 5.74) is 9.41. The number of benzene rings is 2. The Kier molecular flexibility index (Phi) is 3.14. The Morgan fingerprint density at radius 1 is 1.21 bits per heavy atom. The second-order valence-electron chi connectivity index (χ2n) is 5.52. The van der Waals surface area contributed by atoms with Crippen molar-refractivity contribution in [1.29, 1.82) is 5.26 Å². The molecule has 3 aromatic rings. The highest BCUT2D eigenvalue weighted by atomic mass is 16.5. The molecule has 0 bridgehead atoms. The smallest absolute Gasteiger partial charge is 0.210 e. The van der Waals surface area contributed by atoms with Gasteiger partial charge >= 0.3 is 0 Å². The van der Waals surface area contributed by atoms with Crippen molar-refractivity contribution in [2.75, 3.05) is 12.4 Å². The number of nitriles is 1. The molecule has 0 spiro atoms. The van der Waals surface area contributed by atoms with Crippen LogP contribution >= 0.6 is 0 Å². The number of nitrogens with one attached hydrogen (secondary N) is 1. The van der Waals surface area contributed by atoms with Crippen molar-refractivity contribution in [1.82, 2.24) is 9.55 Å². The Labute approximate surface area is 138 Å². The van der Waals surface area contributed by atoms with Gasteiger partial charge in [0.25, 0.3) is 0 Å². The monoisotopic (exact) mass is 317 g/mol. The Bertz CT molecular complexity index is 994. The molecule has 24 heavy (non-hydrogen) atoms. The van der Waals surface area contributed by atoms with Gasteiger partial charge in [-0.1, -0.05) is 24.3 Å². The number of imidazole rings is 1. The number of aromatic nitrogens is 2. The molecule has 6 nitrogen and oxygen atoms in total. The fraction of sp³-hybridized carbons (Fsp3) is 0.111.